The van der Waals surface area contributed by atoms with E-state index >= 15 is 0 Å². The molecular weight excluding hydrogens is 288 g/mol. The zero-order chi connectivity index (χ0) is 13.5. The van der Waals surface area contributed by atoms with Gasteiger partial charge >= 0.3 is 0 Å². The fourth-order valence-electron chi connectivity index (χ4n) is 2.77. The summed E-state index contributed by atoms with van der Waals surface area (Å²) in [6, 6.07) is 8.23. The first-order valence-corrected chi connectivity index (χ1v) is 6.95. The second-order valence-electron chi connectivity index (χ2n) is 5.20. The van der Waals surface area contributed by atoms with Crippen LogP contribution in [0.2, 0.25) is 0 Å². The number of hydrogen-bond acceptors (Lipinski definition) is 4. The Bertz CT molecular complexity index is 777. The highest BCUT2D eigenvalue weighted by Crippen LogP contribution is 2.29. The van der Waals surface area contributed by atoms with Crippen molar-refractivity contribution in [2.45, 2.75) is 19.9 Å². The molecule has 2 aromatic heterocycles. The van der Waals surface area contributed by atoms with Gasteiger partial charge in [0.15, 0.2) is 11.6 Å². The molecule has 0 bridgehead atoms. The number of nitrogens with zero attached hydrogens (tertiary/aromatic N) is 3. The van der Waals surface area contributed by atoms with Crippen molar-refractivity contribution in [1.82, 2.24) is 20.1 Å². The molecule has 0 saturated carbocycles. The molecule has 0 spiro atoms. The van der Waals surface area contributed by atoms with Crippen LogP contribution in [0.4, 0.5) is 0 Å². The Morgan fingerprint density at radius 1 is 1.24 bits per heavy atom. The normalized spacial score (nSPS) is 14.5. The highest BCUT2D eigenvalue weighted by atomic mass is 35.5. The van der Waals surface area contributed by atoms with E-state index in [9.17, 15) is 0 Å². The monoisotopic (exact) mass is 304 g/mol. The van der Waals surface area contributed by atoms with E-state index < -0.39 is 0 Å². The van der Waals surface area contributed by atoms with E-state index in [-0.39, 0.29) is 12.4 Å². The van der Waals surface area contributed by atoms with Gasteiger partial charge in [0.25, 0.3) is 0 Å². The first kappa shape index (κ1) is 14.1. The van der Waals surface area contributed by atoms with Crippen LogP contribution in [0.5, 0.6) is 0 Å². The third-order valence-electron chi connectivity index (χ3n) is 3.83. The molecule has 0 atom stereocenters. The van der Waals surface area contributed by atoms with Crippen LogP contribution in [-0.4, -0.2) is 27.9 Å². The second-order valence-corrected chi connectivity index (χ2v) is 5.20. The molecule has 0 fully saturated rings. The molecule has 3 heterocycles. The third-order valence-corrected chi connectivity index (χ3v) is 3.83. The fourth-order valence-corrected chi connectivity index (χ4v) is 2.77. The van der Waals surface area contributed by atoms with Crippen molar-refractivity contribution in [3.8, 4) is 11.6 Å². The number of para-hydroxylation sites is 1. The first-order valence-electron chi connectivity index (χ1n) is 6.95. The van der Waals surface area contributed by atoms with Gasteiger partial charge in [0, 0.05) is 31.4 Å². The largest absolute Gasteiger partial charge is 0.452 e. The SMILES string of the molecule is Cc1cccc2cc(-c3nnc4n3CCNCC4)oc12.Cl. The molecule has 1 aliphatic rings. The van der Waals surface area contributed by atoms with Crippen LogP contribution in [0.15, 0.2) is 28.7 Å². The summed E-state index contributed by atoms with van der Waals surface area (Å²) in [5, 5.41) is 13.1. The molecule has 1 N–H and O–H groups in total. The molecule has 6 heteroatoms. The molecule has 4 rings (SSSR count). The average molecular weight is 305 g/mol. The lowest BCUT2D eigenvalue weighted by molar-refractivity contribution is 0.600. The highest BCUT2D eigenvalue weighted by molar-refractivity contribution is 5.85. The molecule has 3 aromatic rings. The quantitative estimate of drug-likeness (QED) is 0.751. The highest BCUT2D eigenvalue weighted by Gasteiger charge is 2.18. The minimum Gasteiger partial charge on any atom is -0.452 e. The van der Waals surface area contributed by atoms with Gasteiger partial charge in [-0.1, -0.05) is 18.2 Å². The number of fused-ring (bicyclic) bond motifs is 2. The van der Waals surface area contributed by atoms with Crippen molar-refractivity contribution >= 4 is 23.4 Å². The van der Waals surface area contributed by atoms with Gasteiger partial charge in [-0.15, -0.1) is 22.6 Å². The maximum Gasteiger partial charge on any atom is 0.199 e. The van der Waals surface area contributed by atoms with Crippen LogP contribution in [0.25, 0.3) is 22.6 Å². The Morgan fingerprint density at radius 3 is 3.00 bits per heavy atom. The van der Waals surface area contributed by atoms with Gasteiger partial charge in [0.1, 0.15) is 11.4 Å². The van der Waals surface area contributed by atoms with Crippen LogP contribution >= 0.6 is 12.4 Å². The van der Waals surface area contributed by atoms with Crippen molar-refractivity contribution in [2.75, 3.05) is 13.1 Å². The zero-order valence-corrected chi connectivity index (χ0v) is 12.6. The topological polar surface area (TPSA) is 55.9 Å². The smallest absolute Gasteiger partial charge is 0.199 e. The van der Waals surface area contributed by atoms with Gasteiger partial charge in [-0.3, -0.25) is 0 Å². The second kappa shape index (κ2) is 5.50. The molecule has 5 nitrogen and oxygen atoms in total. The number of nitrogens with one attached hydrogen (secondary N) is 1. The lowest BCUT2D eigenvalue weighted by Crippen LogP contribution is -2.17. The van der Waals surface area contributed by atoms with Gasteiger partial charge in [-0.25, -0.2) is 0 Å². The summed E-state index contributed by atoms with van der Waals surface area (Å²) >= 11 is 0. The van der Waals surface area contributed by atoms with Crippen molar-refractivity contribution in [3.05, 3.63) is 35.7 Å². The maximum absolute atomic E-state index is 6.01. The van der Waals surface area contributed by atoms with Gasteiger partial charge in [-0.05, 0) is 18.6 Å². The number of benzene rings is 1. The maximum atomic E-state index is 6.01. The third kappa shape index (κ3) is 2.32. The molecule has 0 unspecified atom stereocenters. The van der Waals surface area contributed by atoms with Gasteiger partial charge < -0.3 is 14.3 Å². The molecule has 0 radical (unpaired) electrons. The van der Waals surface area contributed by atoms with E-state index in [0.29, 0.717) is 0 Å². The average Bonchev–Trinajstić information content (AvgIpc) is 2.97. The summed E-state index contributed by atoms with van der Waals surface area (Å²) in [6.07, 6.45) is 0.909. The molecule has 0 aliphatic carbocycles. The predicted molar refractivity (Wildman–Crippen MR) is 83.8 cm³/mol. The van der Waals surface area contributed by atoms with E-state index in [0.717, 1.165) is 60.0 Å². The van der Waals surface area contributed by atoms with Crippen molar-refractivity contribution in [3.63, 3.8) is 0 Å². The van der Waals surface area contributed by atoms with E-state index in [1.165, 1.54) is 0 Å². The van der Waals surface area contributed by atoms with Crippen LogP contribution in [0.3, 0.4) is 0 Å². The lowest BCUT2D eigenvalue weighted by Gasteiger charge is -2.03. The molecule has 1 aliphatic heterocycles. The van der Waals surface area contributed by atoms with E-state index in [2.05, 4.69) is 45.2 Å². The zero-order valence-electron chi connectivity index (χ0n) is 11.8. The Balaban J connectivity index is 0.00000132. The number of hydrogen-bond donors (Lipinski definition) is 1. The summed E-state index contributed by atoms with van der Waals surface area (Å²) in [6.45, 7) is 4.84. The van der Waals surface area contributed by atoms with Crippen molar-refractivity contribution < 1.29 is 4.42 Å². The Labute approximate surface area is 128 Å². The molecule has 0 saturated heterocycles. The van der Waals surface area contributed by atoms with Gasteiger partial charge in [0.05, 0.1) is 0 Å². The number of aromatic nitrogens is 3. The lowest BCUT2D eigenvalue weighted by atomic mass is 10.2. The number of furan rings is 1. The molecule has 110 valence electrons. The van der Waals surface area contributed by atoms with Crippen LogP contribution < -0.4 is 5.32 Å². The number of rotatable bonds is 1. The van der Waals surface area contributed by atoms with E-state index in [1.807, 2.05) is 6.07 Å². The molecule has 21 heavy (non-hydrogen) atoms. The fraction of sp³-hybridized carbons (Fsp3) is 0.333. The van der Waals surface area contributed by atoms with E-state index in [1.54, 1.807) is 0 Å². The van der Waals surface area contributed by atoms with Gasteiger partial charge in [0.2, 0.25) is 0 Å². The van der Waals surface area contributed by atoms with Gasteiger partial charge in [-0.2, -0.15) is 0 Å². The Morgan fingerprint density at radius 2 is 2.14 bits per heavy atom. The molecule has 0 amide bonds. The minimum absolute atomic E-state index is 0. The summed E-state index contributed by atoms with van der Waals surface area (Å²) in [5.74, 6) is 2.66. The number of halogens is 1. The van der Waals surface area contributed by atoms with E-state index in [4.69, 9.17) is 4.42 Å². The first-order chi connectivity index (χ1) is 9.83. The minimum atomic E-state index is 0. The van der Waals surface area contributed by atoms with Crippen molar-refractivity contribution in [1.29, 1.82) is 0 Å². The van der Waals surface area contributed by atoms with Crippen LogP contribution in [0.1, 0.15) is 11.4 Å². The summed E-state index contributed by atoms with van der Waals surface area (Å²) in [7, 11) is 0. The standard InChI is InChI=1S/C15H16N4O.ClH/c1-10-3-2-4-11-9-12(20-14(10)11)15-18-17-13-5-6-16-7-8-19(13)15;/h2-4,9,16H,5-8H2,1H3;1H. The molecular formula is C15H17ClN4O. The number of aryl methyl sites for hydroxylation is 1. The summed E-state index contributed by atoms with van der Waals surface area (Å²) in [5.41, 5.74) is 2.08. The Kier molecular flexibility index (Phi) is 3.69. The van der Waals surface area contributed by atoms with Crippen LogP contribution in [-0.2, 0) is 13.0 Å². The van der Waals surface area contributed by atoms with Crippen molar-refractivity contribution in [2.24, 2.45) is 0 Å². The van der Waals surface area contributed by atoms with Crippen LogP contribution in [0, 0.1) is 6.92 Å². The predicted octanol–water partition coefficient (Wildman–Crippen LogP) is 2.57. The summed E-state index contributed by atoms with van der Waals surface area (Å²) in [4.78, 5) is 0. The molecule has 1 aromatic carbocycles. The summed E-state index contributed by atoms with van der Waals surface area (Å²) < 4.78 is 8.17. The Hall–Kier alpha value is -1.85.